The molecule has 246 valence electrons. The van der Waals surface area contributed by atoms with Crippen LogP contribution < -0.4 is 9.80 Å². The quantitative estimate of drug-likeness (QED) is 0.260. The number of alkyl halides is 9. The van der Waals surface area contributed by atoms with E-state index in [1.54, 1.807) is 4.90 Å². The fraction of sp³-hybridized carbons (Fsp3) is 0.500. The summed E-state index contributed by atoms with van der Waals surface area (Å²) < 4.78 is 125. The van der Waals surface area contributed by atoms with Gasteiger partial charge in [-0.3, -0.25) is 4.79 Å². The van der Waals surface area contributed by atoms with Crippen LogP contribution >= 0.6 is 0 Å². The Labute approximate surface area is 251 Å². The molecule has 1 N–H and O–H groups in total. The van der Waals surface area contributed by atoms with E-state index in [1.807, 2.05) is 0 Å². The maximum atomic E-state index is 14.2. The molecule has 1 aromatic heterocycles. The van der Waals surface area contributed by atoms with Crippen LogP contribution in [-0.2, 0) is 36.9 Å². The largest absolute Gasteiger partial charge is 0.481 e. The van der Waals surface area contributed by atoms with Crippen molar-refractivity contribution in [3.05, 3.63) is 63.2 Å². The van der Waals surface area contributed by atoms with Gasteiger partial charge in [0.25, 0.3) is 5.95 Å². The summed E-state index contributed by atoms with van der Waals surface area (Å²) in [6.07, 6.45) is -14.5. The lowest BCUT2D eigenvalue weighted by atomic mass is 9.90. The van der Waals surface area contributed by atoms with Gasteiger partial charge >= 0.3 is 24.5 Å². The predicted molar refractivity (Wildman–Crippen MR) is 143 cm³/mol. The first-order valence-corrected chi connectivity index (χ1v) is 13.7. The standard InChI is InChI=1S/C28H29F9N6O2/c1-15-10-20-21(6-4-8-42(9-5-7-22(44)45)24(20)16(2)23(15)28(35,36)37)43(25-38-40-41(3)39-25)14-17-11-18(26(29,30)31)13-19(12-17)27(32,33)34/h10-13,21H,4-9,14H2,1-3H3,(H,44,45). The van der Waals surface area contributed by atoms with Gasteiger partial charge in [0.05, 0.1) is 29.8 Å². The molecule has 3 aromatic rings. The predicted octanol–water partition coefficient (Wildman–Crippen LogP) is 7.10. The Balaban J connectivity index is 1.92. The van der Waals surface area contributed by atoms with Crippen LogP contribution in [0.1, 0.15) is 70.7 Å². The van der Waals surface area contributed by atoms with Crippen LogP contribution in [0.2, 0.25) is 0 Å². The molecule has 1 atom stereocenters. The van der Waals surface area contributed by atoms with Crippen molar-refractivity contribution in [1.29, 1.82) is 0 Å². The van der Waals surface area contributed by atoms with E-state index in [0.29, 0.717) is 24.1 Å². The summed E-state index contributed by atoms with van der Waals surface area (Å²) in [7, 11) is 1.40. The highest BCUT2D eigenvalue weighted by Gasteiger charge is 2.41. The number of hydrogen-bond acceptors (Lipinski definition) is 6. The lowest BCUT2D eigenvalue weighted by Crippen LogP contribution is -2.31. The van der Waals surface area contributed by atoms with E-state index in [1.165, 1.54) is 31.9 Å². The van der Waals surface area contributed by atoms with Crippen LogP contribution in [0.5, 0.6) is 0 Å². The number of tetrazole rings is 1. The number of aryl methyl sites for hydroxylation is 2. The van der Waals surface area contributed by atoms with E-state index in [-0.39, 0.29) is 66.7 Å². The average Bonchev–Trinajstić information content (AvgIpc) is 3.24. The summed E-state index contributed by atoms with van der Waals surface area (Å²) in [5, 5.41) is 21.0. The first-order chi connectivity index (χ1) is 20.8. The van der Waals surface area contributed by atoms with Crippen LogP contribution in [0, 0.1) is 13.8 Å². The van der Waals surface area contributed by atoms with Gasteiger partial charge in [0.1, 0.15) is 0 Å². The van der Waals surface area contributed by atoms with Crippen molar-refractivity contribution < 1.29 is 49.4 Å². The number of carboxylic acid groups (broad SMARTS) is 1. The summed E-state index contributed by atoms with van der Waals surface area (Å²) in [6, 6.07) is 1.57. The molecular weight excluding hydrogens is 623 g/mol. The number of nitrogens with zero attached hydrogens (tertiary/aromatic N) is 6. The van der Waals surface area contributed by atoms with Crippen LogP contribution in [0.15, 0.2) is 24.3 Å². The molecule has 0 saturated carbocycles. The molecule has 0 aliphatic carbocycles. The Morgan fingerprint density at radius 1 is 0.978 bits per heavy atom. The summed E-state index contributed by atoms with van der Waals surface area (Å²) >= 11 is 0. The van der Waals surface area contributed by atoms with Gasteiger partial charge in [0.2, 0.25) is 0 Å². The molecule has 0 radical (unpaired) electrons. The minimum Gasteiger partial charge on any atom is -0.481 e. The van der Waals surface area contributed by atoms with E-state index in [9.17, 15) is 44.3 Å². The van der Waals surface area contributed by atoms with Crippen molar-refractivity contribution in [2.24, 2.45) is 7.05 Å². The number of hydrogen-bond donors (Lipinski definition) is 1. The molecule has 1 aliphatic heterocycles. The van der Waals surface area contributed by atoms with Crippen molar-refractivity contribution in [3.63, 3.8) is 0 Å². The highest BCUT2D eigenvalue weighted by atomic mass is 19.4. The van der Waals surface area contributed by atoms with Gasteiger partial charge < -0.3 is 14.9 Å². The van der Waals surface area contributed by atoms with Gasteiger partial charge in [-0.15, -0.1) is 5.10 Å². The molecule has 45 heavy (non-hydrogen) atoms. The lowest BCUT2D eigenvalue weighted by molar-refractivity contribution is -0.143. The van der Waals surface area contributed by atoms with Crippen LogP contribution in [0.25, 0.3) is 0 Å². The van der Waals surface area contributed by atoms with Crippen molar-refractivity contribution in [3.8, 4) is 0 Å². The van der Waals surface area contributed by atoms with E-state index >= 15 is 0 Å². The molecule has 8 nitrogen and oxygen atoms in total. The normalized spacial score (nSPS) is 16.0. The summed E-state index contributed by atoms with van der Waals surface area (Å²) in [5.74, 6) is -1.24. The lowest BCUT2D eigenvalue weighted by Gasteiger charge is -2.34. The Hall–Kier alpha value is -4.05. The molecule has 0 fully saturated rings. The van der Waals surface area contributed by atoms with E-state index in [4.69, 9.17) is 5.11 Å². The zero-order valence-electron chi connectivity index (χ0n) is 24.3. The molecule has 0 bridgehead atoms. The average molecular weight is 653 g/mol. The highest BCUT2D eigenvalue weighted by Crippen LogP contribution is 2.46. The van der Waals surface area contributed by atoms with Gasteiger partial charge in [0, 0.05) is 31.7 Å². The second-order valence-electron chi connectivity index (χ2n) is 10.9. The molecule has 2 aromatic carbocycles. The summed E-state index contributed by atoms with van der Waals surface area (Å²) in [5.41, 5.74) is -4.10. The SMILES string of the molecule is Cc1cc2c(c(C)c1C(F)(F)F)N(CCCC(=O)O)CCCC2N(Cc1cc(C(F)(F)F)cc(C(F)(F)F)c1)c1nnn(C)n1. The Morgan fingerprint density at radius 3 is 2.11 bits per heavy atom. The number of rotatable bonds is 8. The third-order valence-electron chi connectivity index (χ3n) is 7.58. The van der Waals surface area contributed by atoms with Gasteiger partial charge in [0.15, 0.2) is 0 Å². The fourth-order valence-corrected chi connectivity index (χ4v) is 5.84. The minimum absolute atomic E-state index is 0.00967. The summed E-state index contributed by atoms with van der Waals surface area (Å²) in [4.78, 5) is 15.2. The van der Waals surface area contributed by atoms with Crippen LogP contribution in [-0.4, -0.2) is 44.4 Å². The van der Waals surface area contributed by atoms with Gasteiger partial charge in [-0.1, -0.05) is 11.2 Å². The monoisotopic (exact) mass is 652 g/mol. The zero-order chi connectivity index (χ0) is 33.5. The summed E-state index contributed by atoms with van der Waals surface area (Å²) in [6.45, 7) is 2.29. The van der Waals surface area contributed by atoms with E-state index in [2.05, 4.69) is 15.4 Å². The number of benzene rings is 2. The fourth-order valence-electron chi connectivity index (χ4n) is 5.84. The molecule has 1 unspecified atom stereocenters. The Morgan fingerprint density at radius 2 is 1.60 bits per heavy atom. The molecule has 0 amide bonds. The molecule has 0 saturated heterocycles. The highest BCUT2D eigenvalue weighted by molar-refractivity contribution is 5.68. The number of carbonyl (C=O) groups is 1. The topological polar surface area (TPSA) is 87.4 Å². The number of fused-ring (bicyclic) bond motifs is 1. The Kier molecular flexibility index (Phi) is 9.31. The van der Waals surface area contributed by atoms with Gasteiger partial charge in [-0.25, -0.2) is 0 Å². The first kappa shape index (κ1) is 33.8. The first-order valence-electron chi connectivity index (χ1n) is 13.7. The second kappa shape index (κ2) is 12.4. The van der Waals surface area contributed by atoms with Crippen LogP contribution in [0.3, 0.4) is 0 Å². The van der Waals surface area contributed by atoms with Crippen molar-refractivity contribution >= 4 is 17.6 Å². The number of aliphatic carboxylic acids is 1. The number of carboxylic acids is 1. The van der Waals surface area contributed by atoms with Crippen molar-refractivity contribution in [1.82, 2.24) is 20.2 Å². The van der Waals surface area contributed by atoms with E-state index < -0.39 is 53.8 Å². The second-order valence-corrected chi connectivity index (χ2v) is 10.9. The molecule has 4 rings (SSSR count). The molecular formula is C28H29F9N6O2. The zero-order valence-corrected chi connectivity index (χ0v) is 24.3. The molecule has 0 spiro atoms. The maximum absolute atomic E-state index is 14.2. The van der Waals surface area contributed by atoms with Crippen LogP contribution in [0.4, 0.5) is 51.1 Å². The van der Waals surface area contributed by atoms with E-state index in [0.717, 1.165) is 4.80 Å². The number of aromatic nitrogens is 4. The van der Waals surface area contributed by atoms with Gasteiger partial charge in [-0.05, 0) is 78.8 Å². The van der Waals surface area contributed by atoms with Crippen molar-refractivity contribution in [2.75, 3.05) is 22.9 Å². The third kappa shape index (κ3) is 7.61. The smallest absolute Gasteiger partial charge is 0.416 e. The molecule has 17 heteroatoms. The van der Waals surface area contributed by atoms with Crippen molar-refractivity contribution in [2.45, 2.75) is 70.6 Å². The molecule has 2 heterocycles. The number of halogens is 9. The molecule has 1 aliphatic rings. The third-order valence-corrected chi connectivity index (χ3v) is 7.58. The Bertz CT molecular complexity index is 1520. The maximum Gasteiger partial charge on any atom is 0.416 e. The number of anilines is 2. The minimum atomic E-state index is -5.10. The van der Waals surface area contributed by atoms with Gasteiger partial charge in [-0.2, -0.15) is 44.3 Å².